The number of ketones is 1. The van der Waals surface area contributed by atoms with Gasteiger partial charge in [0.1, 0.15) is 5.75 Å². The summed E-state index contributed by atoms with van der Waals surface area (Å²) in [6.07, 6.45) is 9.09. The second kappa shape index (κ2) is 15.2. The van der Waals surface area contributed by atoms with Gasteiger partial charge >= 0.3 is 0 Å². The lowest BCUT2D eigenvalue weighted by Crippen LogP contribution is -2.32. The quantitative estimate of drug-likeness (QED) is 0.199. The van der Waals surface area contributed by atoms with Crippen LogP contribution in [0.1, 0.15) is 61.9 Å². The molecule has 7 heteroatoms. The van der Waals surface area contributed by atoms with Gasteiger partial charge in [-0.1, -0.05) is 43.7 Å². The molecular formula is C31H41ClN2O3S. The van der Waals surface area contributed by atoms with Crippen LogP contribution in [0.4, 0.5) is 5.69 Å². The Morgan fingerprint density at radius 3 is 2.79 bits per heavy atom. The highest BCUT2D eigenvalue weighted by molar-refractivity contribution is 7.80. The van der Waals surface area contributed by atoms with Gasteiger partial charge in [0.2, 0.25) is 5.91 Å². The number of nitrogens with two attached hydrogens (primary N) is 1. The highest BCUT2D eigenvalue weighted by Gasteiger charge is 2.25. The number of hydrogen-bond donors (Lipinski definition) is 2. The molecule has 0 saturated heterocycles. The van der Waals surface area contributed by atoms with Crippen LogP contribution in [0.25, 0.3) is 0 Å². The molecule has 0 aliphatic carbocycles. The Bertz CT molecular complexity index is 1110. The molecule has 5 nitrogen and oxygen atoms in total. The standard InChI is InChI=1S/C31H41ClN2O3S/c1-3-25(29(35)12-4-7-22(2)21-38)15-16-34-19-24(10-5-8-23-9-6-11-27(32)17-23)20-37-30-14-13-26(31(33)36)18-28(30)34/h4,6,9,11-14,17-18,22,24-25,38H,3,5,7-8,10,15-16,19-21H2,1-2H3,(H2,33,36)/b12-4+/t22-,24?,25+/m0/s1. The Balaban J connectivity index is 1.70. The number of aryl methyl sites for hydroxylation is 1. The lowest BCUT2D eigenvalue weighted by atomic mass is 9.95. The number of carbonyl (C=O) groups excluding carboxylic acids is 2. The van der Waals surface area contributed by atoms with Gasteiger partial charge in [-0.15, -0.1) is 0 Å². The van der Waals surface area contributed by atoms with Crippen molar-refractivity contribution in [3.05, 3.63) is 70.8 Å². The molecule has 2 aromatic rings. The number of nitrogens with zero attached hydrogens (tertiary/aromatic N) is 1. The van der Waals surface area contributed by atoms with Crippen molar-refractivity contribution in [2.75, 3.05) is 30.3 Å². The highest BCUT2D eigenvalue weighted by Crippen LogP contribution is 2.35. The molecule has 2 N–H and O–H groups in total. The SMILES string of the molecule is CC[C@H](CCN1CC(CCCc2cccc(Cl)c2)COc2ccc(C(N)=O)cc21)C(=O)/C=C/C[C@H](C)CS. The first-order valence-electron chi connectivity index (χ1n) is 13.7. The maximum absolute atomic E-state index is 12.9. The number of benzene rings is 2. The molecule has 38 heavy (non-hydrogen) atoms. The third-order valence-corrected chi connectivity index (χ3v) is 8.14. The lowest BCUT2D eigenvalue weighted by Gasteiger charge is -2.28. The molecule has 1 aliphatic heterocycles. The van der Waals surface area contributed by atoms with E-state index >= 15 is 0 Å². The van der Waals surface area contributed by atoms with E-state index in [4.69, 9.17) is 22.1 Å². The summed E-state index contributed by atoms with van der Waals surface area (Å²) >= 11 is 10.5. The van der Waals surface area contributed by atoms with E-state index in [0.29, 0.717) is 30.6 Å². The minimum atomic E-state index is -0.461. The Labute approximate surface area is 238 Å². The fourth-order valence-electron chi connectivity index (χ4n) is 4.87. The Kier molecular flexibility index (Phi) is 12.1. The molecule has 3 atom stereocenters. The summed E-state index contributed by atoms with van der Waals surface area (Å²) in [4.78, 5) is 27.1. The van der Waals surface area contributed by atoms with Gasteiger partial charge in [0.15, 0.2) is 5.78 Å². The minimum absolute atomic E-state index is 0.0502. The predicted molar refractivity (Wildman–Crippen MR) is 161 cm³/mol. The van der Waals surface area contributed by atoms with Crippen LogP contribution in [0.3, 0.4) is 0 Å². The molecule has 1 unspecified atom stereocenters. The van der Waals surface area contributed by atoms with E-state index in [1.165, 1.54) is 5.56 Å². The molecule has 2 aromatic carbocycles. The van der Waals surface area contributed by atoms with Crippen molar-refractivity contribution in [1.29, 1.82) is 0 Å². The number of hydrogen-bond acceptors (Lipinski definition) is 5. The number of amides is 1. The molecule has 1 amide bonds. The van der Waals surface area contributed by atoms with E-state index < -0.39 is 5.91 Å². The Hall–Kier alpha value is -2.44. The molecule has 1 aliphatic rings. The fraction of sp³-hybridized carbons (Fsp3) is 0.484. The van der Waals surface area contributed by atoms with E-state index in [1.54, 1.807) is 12.1 Å². The average molecular weight is 557 g/mol. The van der Waals surface area contributed by atoms with Crippen molar-refractivity contribution in [3.63, 3.8) is 0 Å². The van der Waals surface area contributed by atoms with Gasteiger partial charge in [-0.2, -0.15) is 12.6 Å². The number of primary amides is 1. The summed E-state index contributed by atoms with van der Waals surface area (Å²) in [6, 6.07) is 13.4. The van der Waals surface area contributed by atoms with Gasteiger partial charge in [0.25, 0.3) is 0 Å². The van der Waals surface area contributed by atoms with E-state index in [-0.39, 0.29) is 11.7 Å². The van der Waals surface area contributed by atoms with Crippen LogP contribution in [0.15, 0.2) is 54.6 Å². The number of allylic oxidation sites excluding steroid dienone is 2. The molecule has 0 spiro atoms. The first kappa shape index (κ1) is 30.1. The summed E-state index contributed by atoms with van der Waals surface area (Å²) < 4.78 is 6.22. The van der Waals surface area contributed by atoms with Crippen LogP contribution in [0, 0.1) is 17.8 Å². The van der Waals surface area contributed by atoms with Gasteiger partial charge < -0.3 is 15.4 Å². The maximum Gasteiger partial charge on any atom is 0.248 e. The van der Waals surface area contributed by atoms with Crippen molar-refractivity contribution < 1.29 is 14.3 Å². The number of anilines is 1. The van der Waals surface area contributed by atoms with E-state index in [9.17, 15) is 9.59 Å². The van der Waals surface area contributed by atoms with Gasteiger partial charge in [0.05, 0.1) is 12.3 Å². The minimum Gasteiger partial charge on any atom is -0.491 e. The fourth-order valence-corrected chi connectivity index (χ4v) is 5.23. The van der Waals surface area contributed by atoms with Crippen molar-refractivity contribution in [2.45, 2.75) is 52.4 Å². The zero-order valence-electron chi connectivity index (χ0n) is 22.6. The number of halogens is 1. The Morgan fingerprint density at radius 2 is 2.08 bits per heavy atom. The monoisotopic (exact) mass is 556 g/mol. The topological polar surface area (TPSA) is 72.6 Å². The molecule has 0 fully saturated rings. The molecule has 0 bridgehead atoms. The van der Waals surface area contributed by atoms with Crippen LogP contribution in [0.2, 0.25) is 5.02 Å². The predicted octanol–water partition coefficient (Wildman–Crippen LogP) is 6.77. The summed E-state index contributed by atoms with van der Waals surface area (Å²) in [5.41, 5.74) is 8.16. The second-order valence-electron chi connectivity index (χ2n) is 10.4. The summed E-state index contributed by atoms with van der Waals surface area (Å²) in [7, 11) is 0. The summed E-state index contributed by atoms with van der Waals surface area (Å²) in [5, 5.41) is 0.762. The van der Waals surface area contributed by atoms with Crippen LogP contribution in [-0.2, 0) is 11.2 Å². The normalized spacial score (nSPS) is 16.9. The van der Waals surface area contributed by atoms with Crippen LogP contribution < -0.4 is 15.4 Å². The van der Waals surface area contributed by atoms with Crippen molar-refractivity contribution in [2.24, 2.45) is 23.5 Å². The number of fused-ring (bicyclic) bond motifs is 1. The van der Waals surface area contributed by atoms with Crippen LogP contribution >= 0.6 is 24.2 Å². The number of ether oxygens (including phenoxy) is 1. The third-order valence-electron chi connectivity index (χ3n) is 7.28. The smallest absolute Gasteiger partial charge is 0.248 e. The van der Waals surface area contributed by atoms with E-state index in [2.05, 4.69) is 37.4 Å². The number of thiol groups is 1. The number of carbonyl (C=O) groups is 2. The van der Waals surface area contributed by atoms with Crippen LogP contribution in [-0.4, -0.2) is 37.1 Å². The third kappa shape index (κ3) is 9.09. The summed E-state index contributed by atoms with van der Waals surface area (Å²) in [5.74, 6) is 1.99. The molecule has 3 rings (SSSR count). The van der Waals surface area contributed by atoms with Gasteiger partial charge in [-0.05, 0) is 92.2 Å². The van der Waals surface area contributed by atoms with E-state index in [0.717, 1.165) is 67.3 Å². The lowest BCUT2D eigenvalue weighted by molar-refractivity contribution is -0.118. The molecule has 0 aromatic heterocycles. The first-order chi connectivity index (χ1) is 18.3. The zero-order valence-corrected chi connectivity index (χ0v) is 24.2. The second-order valence-corrected chi connectivity index (χ2v) is 11.2. The molecule has 1 heterocycles. The highest BCUT2D eigenvalue weighted by atomic mass is 35.5. The van der Waals surface area contributed by atoms with Crippen molar-refractivity contribution >= 4 is 41.6 Å². The zero-order chi connectivity index (χ0) is 27.5. The van der Waals surface area contributed by atoms with Gasteiger partial charge in [0, 0.05) is 35.5 Å². The van der Waals surface area contributed by atoms with Gasteiger partial charge in [-0.3, -0.25) is 9.59 Å². The van der Waals surface area contributed by atoms with Crippen molar-refractivity contribution in [3.8, 4) is 5.75 Å². The molecule has 206 valence electrons. The molecule has 0 saturated carbocycles. The maximum atomic E-state index is 12.9. The number of rotatable bonds is 14. The first-order valence-corrected chi connectivity index (χ1v) is 14.7. The van der Waals surface area contributed by atoms with E-state index in [1.807, 2.05) is 36.4 Å². The molecular weight excluding hydrogens is 516 g/mol. The van der Waals surface area contributed by atoms with Crippen LogP contribution in [0.5, 0.6) is 5.75 Å². The Morgan fingerprint density at radius 1 is 1.26 bits per heavy atom. The average Bonchev–Trinajstić information content (AvgIpc) is 3.07. The summed E-state index contributed by atoms with van der Waals surface area (Å²) in [6.45, 7) is 6.30. The molecule has 0 radical (unpaired) electrons. The van der Waals surface area contributed by atoms with Gasteiger partial charge in [-0.25, -0.2) is 0 Å². The largest absolute Gasteiger partial charge is 0.491 e. The van der Waals surface area contributed by atoms with Crippen molar-refractivity contribution in [1.82, 2.24) is 0 Å².